The summed E-state index contributed by atoms with van der Waals surface area (Å²) in [6.45, 7) is 7.45. The molecule has 5 rings (SSSR count). The van der Waals surface area contributed by atoms with Gasteiger partial charge < -0.3 is 10.1 Å². The molecule has 2 heteroatoms. The summed E-state index contributed by atoms with van der Waals surface area (Å²) in [7, 11) is 0. The van der Waals surface area contributed by atoms with Crippen LogP contribution in [-0.2, 0) is 0 Å². The highest BCUT2D eigenvalue weighted by molar-refractivity contribution is 5.86. The van der Waals surface area contributed by atoms with Crippen LogP contribution >= 0.6 is 0 Å². The minimum atomic E-state index is 0.133. The molecular weight excluding hydrogens is 390 g/mol. The Morgan fingerprint density at radius 2 is 1.66 bits per heavy atom. The largest absolute Gasteiger partial charge is 0.489 e. The summed E-state index contributed by atoms with van der Waals surface area (Å²) in [5, 5.41) is 6.36. The van der Waals surface area contributed by atoms with Crippen molar-refractivity contribution in [2.24, 2.45) is 0 Å². The predicted octanol–water partition coefficient (Wildman–Crippen LogP) is 7.09. The second-order valence-electron chi connectivity index (χ2n) is 9.11. The van der Waals surface area contributed by atoms with Crippen molar-refractivity contribution in [2.75, 3.05) is 6.54 Å². The molecule has 2 unspecified atom stereocenters. The summed E-state index contributed by atoms with van der Waals surface area (Å²) < 4.78 is 6.45. The van der Waals surface area contributed by atoms with Crippen LogP contribution in [0.15, 0.2) is 84.9 Å². The first-order valence-electron chi connectivity index (χ1n) is 11.6. The Labute approximate surface area is 191 Å². The van der Waals surface area contributed by atoms with E-state index in [0.717, 1.165) is 18.7 Å². The third kappa shape index (κ3) is 4.03. The van der Waals surface area contributed by atoms with E-state index in [0.29, 0.717) is 5.92 Å². The lowest BCUT2D eigenvalue weighted by atomic mass is 9.83. The zero-order valence-corrected chi connectivity index (χ0v) is 19.1. The van der Waals surface area contributed by atoms with Crippen LogP contribution in [0, 0.1) is 13.8 Å². The van der Waals surface area contributed by atoms with Gasteiger partial charge in [-0.3, -0.25) is 0 Å². The number of benzene rings is 4. The van der Waals surface area contributed by atoms with E-state index in [1.807, 2.05) is 0 Å². The van der Waals surface area contributed by atoms with Gasteiger partial charge in [0.25, 0.3) is 0 Å². The van der Waals surface area contributed by atoms with Crippen LogP contribution in [0.2, 0.25) is 0 Å². The zero-order chi connectivity index (χ0) is 22.1. The average molecular weight is 422 g/mol. The van der Waals surface area contributed by atoms with Crippen LogP contribution in [0.4, 0.5) is 0 Å². The first kappa shape index (κ1) is 20.8. The van der Waals surface area contributed by atoms with Gasteiger partial charge in [0.1, 0.15) is 11.9 Å². The van der Waals surface area contributed by atoms with Crippen molar-refractivity contribution in [3.8, 4) is 5.75 Å². The van der Waals surface area contributed by atoms with Crippen LogP contribution in [0.5, 0.6) is 5.75 Å². The lowest BCUT2D eigenvalue weighted by Crippen LogP contribution is -2.37. The lowest BCUT2D eigenvalue weighted by Gasteiger charge is -2.33. The number of ether oxygens (including phenoxy) is 1. The molecular formula is C30H31NO. The van der Waals surface area contributed by atoms with E-state index in [4.69, 9.17) is 4.74 Å². The Kier molecular flexibility index (Phi) is 5.71. The second-order valence-corrected chi connectivity index (χ2v) is 9.11. The van der Waals surface area contributed by atoms with Crippen LogP contribution < -0.4 is 10.1 Å². The van der Waals surface area contributed by atoms with Crippen molar-refractivity contribution in [3.05, 3.63) is 113 Å². The highest BCUT2D eigenvalue weighted by Crippen LogP contribution is 2.40. The zero-order valence-electron chi connectivity index (χ0n) is 19.1. The molecule has 0 amide bonds. The molecule has 162 valence electrons. The molecule has 0 spiro atoms. The molecule has 0 bridgehead atoms. The van der Waals surface area contributed by atoms with E-state index in [1.165, 1.54) is 38.6 Å². The van der Waals surface area contributed by atoms with Gasteiger partial charge in [-0.25, -0.2) is 0 Å². The number of hydrogen-bond acceptors (Lipinski definition) is 2. The molecule has 4 aromatic rings. The third-order valence-corrected chi connectivity index (χ3v) is 6.96. The van der Waals surface area contributed by atoms with Crippen molar-refractivity contribution in [3.63, 3.8) is 0 Å². The van der Waals surface area contributed by atoms with E-state index in [2.05, 4.69) is 111 Å². The average Bonchev–Trinajstić information content (AvgIpc) is 2.83. The van der Waals surface area contributed by atoms with Gasteiger partial charge in [-0.2, -0.15) is 0 Å². The van der Waals surface area contributed by atoms with Gasteiger partial charge >= 0.3 is 0 Å². The van der Waals surface area contributed by atoms with E-state index in [-0.39, 0.29) is 12.1 Å². The second kappa shape index (κ2) is 8.80. The van der Waals surface area contributed by atoms with Crippen molar-refractivity contribution in [1.29, 1.82) is 0 Å². The Morgan fingerprint density at radius 3 is 2.53 bits per heavy atom. The SMILES string of the molecule is Cc1ccc(C2CC(CN[C@H](C)c3cccc4ccccc34)Oc3ccccc32)cc1C. The number of fused-ring (bicyclic) bond motifs is 2. The summed E-state index contributed by atoms with van der Waals surface area (Å²) >= 11 is 0. The van der Waals surface area contributed by atoms with E-state index in [1.54, 1.807) is 0 Å². The Balaban J connectivity index is 1.37. The van der Waals surface area contributed by atoms with Gasteiger partial charge in [-0.05, 0) is 66.3 Å². The van der Waals surface area contributed by atoms with E-state index < -0.39 is 0 Å². The fourth-order valence-corrected chi connectivity index (χ4v) is 4.96. The quantitative estimate of drug-likeness (QED) is 0.371. The molecule has 2 nitrogen and oxygen atoms in total. The van der Waals surface area contributed by atoms with Crippen molar-refractivity contribution >= 4 is 10.8 Å². The Morgan fingerprint density at radius 1 is 0.875 bits per heavy atom. The molecule has 1 heterocycles. The number of nitrogens with one attached hydrogen (secondary N) is 1. The van der Waals surface area contributed by atoms with Gasteiger partial charge in [-0.15, -0.1) is 0 Å². The van der Waals surface area contributed by atoms with Crippen molar-refractivity contribution in [1.82, 2.24) is 5.32 Å². The minimum absolute atomic E-state index is 0.133. The highest BCUT2D eigenvalue weighted by atomic mass is 16.5. The molecule has 3 atom stereocenters. The molecule has 0 saturated heterocycles. The molecule has 0 aliphatic carbocycles. The van der Waals surface area contributed by atoms with Crippen LogP contribution in [0.25, 0.3) is 10.8 Å². The predicted molar refractivity (Wildman–Crippen MR) is 134 cm³/mol. The number of rotatable bonds is 5. The van der Waals surface area contributed by atoms with Crippen LogP contribution in [0.1, 0.15) is 53.1 Å². The van der Waals surface area contributed by atoms with E-state index >= 15 is 0 Å². The van der Waals surface area contributed by atoms with Gasteiger partial charge in [-0.1, -0.05) is 78.9 Å². The number of aryl methyl sites for hydroxylation is 2. The maximum absolute atomic E-state index is 6.45. The number of hydrogen-bond donors (Lipinski definition) is 1. The monoisotopic (exact) mass is 421 g/mol. The topological polar surface area (TPSA) is 21.3 Å². The fraction of sp³-hybridized carbons (Fsp3) is 0.267. The molecule has 4 aromatic carbocycles. The van der Waals surface area contributed by atoms with Gasteiger partial charge in [0, 0.05) is 24.1 Å². The summed E-state index contributed by atoms with van der Waals surface area (Å²) in [6.07, 6.45) is 1.11. The summed E-state index contributed by atoms with van der Waals surface area (Å²) in [5.74, 6) is 1.38. The lowest BCUT2D eigenvalue weighted by molar-refractivity contribution is 0.159. The fourth-order valence-electron chi connectivity index (χ4n) is 4.96. The summed E-state index contributed by atoms with van der Waals surface area (Å²) in [5.41, 5.74) is 6.72. The minimum Gasteiger partial charge on any atom is -0.489 e. The normalized spacial score (nSPS) is 18.7. The van der Waals surface area contributed by atoms with Gasteiger partial charge in [0.15, 0.2) is 0 Å². The molecule has 1 aliphatic heterocycles. The van der Waals surface area contributed by atoms with Gasteiger partial charge in [0.2, 0.25) is 0 Å². The molecule has 0 fully saturated rings. The van der Waals surface area contributed by atoms with Crippen molar-refractivity contribution < 1.29 is 4.74 Å². The number of para-hydroxylation sites is 1. The molecule has 0 radical (unpaired) electrons. The third-order valence-electron chi connectivity index (χ3n) is 6.96. The first-order valence-corrected chi connectivity index (χ1v) is 11.6. The molecule has 0 saturated carbocycles. The van der Waals surface area contributed by atoms with Crippen molar-refractivity contribution in [2.45, 2.75) is 45.3 Å². The Bertz CT molecular complexity index is 1240. The highest BCUT2D eigenvalue weighted by Gasteiger charge is 2.29. The molecule has 32 heavy (non-hydrogen) atoms. The van der Waals surface area contributed by atoms with E-state index in [9.17, 15) is 0 Å². The first-order chi connectivity index (χ1) is 15.6. The summed E-state index contributed by atoms with van der Waals surface area (Å²) in [6, 6.07) is 30.9. The standard InChI is InChI=1S/C30H31NO/c1-20-15-16-24(17-21(20)2)29-18-25(32-30-14-7-6-12-28(29)30)19-31-22(3)26-13-8-10-23-9-4-5-11-27(23)26/h4-17,22,25,29,31H,18-19H2,1-3H3/t22-,25?,29?/m1/s1. The maximum Gasteiger partial charge on any atom is 0.123 e. The molecule has 0 aromatic heterocycles. The molecule has 1 aliphatic rings. The Hall–Kier alpha value is -3.10. The summed E-state index contributed by atoms with van der Waals surface area (Å²) in [4.78, 5) is 0. The van der Waals surface area contributed by atoms with Crippen LogP contribution in [-0.4, -0.2) is 12.6 Å². The molecule has 1 N–H and O–H groups in total. The smallest absolute Gasteiger partial charge is 0.123 e. The van der Waals surface area contributed by atoms with Gasteiger partial charge in [0.05, 0.1) is 0 Å². The maximum atomic E-state index is 6.45. The van der Waals surface area contributed by atoms with Crippen LogP contribution in [0.3, 0.4) is 0 Å².